The molecular weight excluding hydrogens is 232 g/mol. The van der Waals surface area contributed by atoms with Crippen molar-refractivity contribution in [3.05, 3.63) is 0 Å². The van der Waals surface area contributed by atoms with Crippen LogP contribution in [-0.4, -0.2) is 37.1 Å². The zero-order chi connectivity index (χ0) is 14.3. The molecule has 0 aliphatic heterocycles. The van der Waals surface area contributed by atoms with E-state index in [1.807, 2.05) is 0 Å². The highest BCUT2D eigenvalue weighted by Gasteiger charge is 2.25. The largest absolute Gasteiger partial charge is 0.317 e. The first kappa shape index (κ1) is 17.0. The van der Waals surface area contributed by atoms with E-state index in [9.17, 15) is 0 Å². The summed E-state index contributed by atoms with van der Waals surface area (Å²) in [5, 5.41) is 3.49. The van der Waals surface area contributed by atoms with Crippen LogP contribution in [0.15, 0.2) is 0 Å². The minimum atomic E-state index is 0.749. The molecule has 2 heteroatoms. The topological polar surface area (TPSA) is 15.3 Å². The van der Waals surface area contributed by atoms with Gasteiger partial charge < -0.3 is 10.2 Å². The van der Waals surface area contributed by atoms with Gasteiger partial charge in [0.05, 0.1) is 0 Å². The molecule has 1 aliphatic rings. The van der Waals surface area contributed by atoms with E-state index in [-0.39, 0.29) is 0 Å². The van der Waals surface area contributed by atoms with Crippen LogP contribution < -0.4 is 5.32 Å². The van der Waals surface area contributed by atoms with Crippen molar-refractivity contribution >= 4 is 0 Å². The fraction of sp³-hybridized carbons (Fsp3) is 1.00. The maximum Gasteiger partial charge on any atom is 0.0110 e. The minimum absolute atomic E-state index is 0.749. The van der Waals surface area contributed by atoms with Gasteiger partial charge in [-0.1, -0.05) is 34.1 Å². The highest BCUT2D eigenvalue weighted by atomic mass is 15.2. The van der Waals surface area contributed by atoms with Gasteiger partial charge in [-0.2, -0.15) is 0 Å². The second kappa shape index (κ2) is 8.97. The van der Waals surface area contributed by atoms with Crippen molar-refractivity contribution in [2.75, 3.05) is 20.1 Å². The molecule has 2 nitrogen and oxygen atoms in total. The molecule has 0 aromatic rings. The maximum atomic E-state index is 3.49. The average Bonchev–Trinajstić information content (AvgIpc) is 2.38. The molecule has 2 atom stereocenters. The first-order chi connectivity index (χ1) is 9.02. The van der Waals surface area contributed by atoms with Crippen molar-refractivity contribution in [1.82, 2.24) is 10.2 Å². The quantitative estimate of drug-likeness (QED) is 0.718. The number of hydrogen-bond donors (Lipinski definition) is 1. The minimum Gasteiger partial charge on any atom is -0.317 e. The van der Waals surface area contributed by atoms with E-state index >= 15 is 0 Å². The predicted octanol–water partition coefficient (Wildman–Crippen LogP) is 3.91. The fourth-order valence-electron chi connectivity index (χ4n) is 3.08. The second-order valence-electron chi connectivity index (χ2n) is 7.21. The fourth-order valence-corrected chi connectivity index (χ4v) is 3.08. The summed E-state index contributed by atoms with van der Waals surface area (Å²) in [7, 11) is 2.12. The van der Waals surface area contributed by atoms with Crippen LogP contribution >= 0.6 is 0 Å². The van der Waals surface area contributed by atoms with Crippen LogP contribution in [0.25, 0.3) is 0 Å². The third-order valence-electron chi connectivity index (χ3n) is 4.56. The van der Waals surface area contributed by atoms with E-state index in [4.69, 9.17) is 0 Å². The van der Waals surface area contributed by atoms with Gasteiger partial charge in [-0.15, -0.1) is 0 Å². The number of rotatable bonds is 8. The normalized spacial score (nSPS) is 24.6. The molecule has 1 fully saturated rings. The summed E-state index contributed by atoms with van der Waals surface area (Å²) in [6.07, 6.45) is 8.23. The Kier molecular flexibility index (Phi) is 8.01. The Hall–Kier alpha value is -0.0800. The SMILES string of the molecule is CNC1CCCC(N(CCC(C)C)CCC(C)C)C1. The summed E-state index contributed by atoms with van der Waals surface area (Å²) in [6.45, 7) is 12.0. The van der Waals surface area contributed by atoms with Gasteiger partial charge in [0.2, 0.25) is 0 Å². The van der Waals surface area contributed by atoms with Gasteiger partial charge in [0.15, 0.2) is 0 Å². The molecular formula is C17H36N2. The Bertz CT molecular complexity index is 213. The maximum absolute atomic E-state index is 3.49. The molecule has 1 rings (SSSR count). The van der Waals surface area contributed by atoms with Crippen molar-refractivity contribution in [2.24, 2.45) is 11.8 Å². The first-order valence-electron chi connectivity index (χ1n) is 8.44. The number of hydrogen-bond acceptors (Lipinski definition) is 2. The number of nitrogens with one attached hydrogen (secondary N) is 1. The van der Waals surface area contributed by atoms with E-state index in [1.165, 1.54) is 51.6 Å². The van der Waals surface area contributed by atoms with Crippen molar-refractivity contribution < 1.29 is 0 Å². The van der Waals surface area contributed by atoms with Crippen LogP contribution in [0.2, 0.25) is 0 Å². The van der Waals surface area contributed by atoms with Crippen molar-refractivity contribution in [2.45, 2.75) is 78.3 Å². The third-order valence-corrected chi connectivity index (χ3v) is 4.56. The van der Waals surface area contributed by atoms with Gasteiger partial charge in [-0.3, -0.25) is 0 Å². The lowest BCUT2D eigenvalue weighted by molar-refractivity contribution is 0.128. The Labute approximate surface area is 121 Å². The smallest absolute Gasteiger partial charge is 0.0110 e. The van der Waals surface area contributed by atoms with Gasteiger partial charge in [0, 0.05) is 12.1 Å². The van der Waals surface area contributed by atoms with E-state index in [1.54, 1.807) is 0 Å². The molecule has 114 valence electrons. The van der Waals surface area contributed by atoms with Crippen LogP contribution in [0.5, 0.6) is 0 Å². The predicted molar refractivity (Wildman–Crippen MR) is 85.6 cm³/mol. The highest BCUT2D eigenvalue weighted by Crippen LogP contribution is 2.24. The van der Waals surface area contributed by atoms with Crippen LogP contribution in [0, 0.1) is 11.8 Å². The molecule has 0 amide bonds. The summed E-state index contributed by atoms with van der Waals surface area (Å²) in [4.78, 5) is 2.80. The summed E-state index contributed by atoms with van der Waals surface area (Å²) in [6, 6.07) is 1.57. The standard InChI is InChI=1S/C17H36N2/c1-14(2)9-11-19(12-10-15(3)4)17-8-6-7-16(13-17)18-5/h14-18H,6-13H2,1-5H3. The lowest BCUT2D eigenvalue weighted by Gasteiger charge is -2.38. The Morgan fingerprint density at radius 1 is 1.00 bits per heavy atom. The molecule has 1 N–H and O–H groups in total. The van der Waals surface area contributed by atoms with Gasteiger partial charge >= 0.3 is 0 Å². The zero-order valence-corrected chi connectivity index (χ0v) is 13.9. The van der Waals surface area contributed by atoms with E-state index in [2.05, 4.69) is 45.0 Å². The molecule has 0 aromatic heterocycles. The third kappa shape index (κ3) is 6.76. The Balaban J connectivity index is 2.49. The lowest BCUT2D eigenvalue weighted by atomic mass is 9.89. The number of nitrogens with zero attached hydrogens (tertiary/aromatic N) is 1. The monoisotopic (exact) mass is 268 g/mol. The first-order valence-corrected chi connectivity index (χ1v) is 8.44. The average molecular weight is 268 g/mol. The molecule has 19 heavy (non-hydrogen) atoms. The second-order valence-corrected chi connectivity index (χ2v) is 7.21. The van der Waals surface area contributed by atoms with Crippen LogP contribution in [-0.2, 0) is 0 Å². The van der Waals surface area contributed by atoms with E-state index in [0.29, 0.717) is 0 Å². The summed E-state index contributed by atoms with van der Waals surface area (Å²) < 4.78 is 0. The summed E-state index contributed by atoms with van der Waals surface area (Å²) in [5.74, 6) is 1.65. The summed E-state index contributed by atoms with van der Waals surface area (Å²) in [5.41, 5.74) is 0. The molecule has 0 saturated heterocycles. The van der Waals surface area contributed by atoms with Crippen molar-refractivity contribution in [3.8, 4) is 0 Å². The van der Waals surface area contributed by atoms with E-state index < -0.39 is 0 Å². The van der Waals surface area contributed by atoms with Gasteiger partial charge in [0.25, 0.3) is 0 Å². The molecule has 0 radical (unpaired) electrons. The lowest BCUT2D eigenvalue weighted by Crippen LogP contribution is -2.44. The Morgan fingerprint density at radius 3 is 2.05 bits per heavy atom. The van der Waals surface area contributed by atoms with Crippen molar-refractivity contribution in [3.63, 3.8) is 0 Å². The molecule has 1 saturated carbocycles. The van der Waals surface area contributed by atoms with Crippen LogP contribution in [0.1, 0.15) is 66.2 Å². The summed E-state index contributed by atoms with van der Waals surface area (Å²) >= 11 is 0. The molecule has 2 unspecified atom stereocenters. The molecule has 0 aromatic carbocycles. The zero-order valence-electron chi connectivity index (χ0n) is 13.9. The Morgan fingerprint density at radius 2 is 1.58 bits per heavy atom. The molecule has 1 aliphatic carbocycles. The van der Waals surface area contributed by atoms with Crippen LogP contribution in [0.4, 0.5) is 0 Å². The van der Waals surface area contributed by atoms with E-state index in [0.717, 1.165) is 23.9 Å². The van der Waals surface area contributed by atoms with Gasteiger partial charge in [-0.05, 0) is 64.1 Å². The molecule has 0 bridgehead atoms. The van der Waals surface area contributed by atoms with Crippen molar-refractivity contribution in [1.29, 1.82) is 0 Å². The van der Waals surface area contributed by atoms with Gasteiger partial charge in [-0.25, -0.2) is 0 Å². The highest BCUT2D eigenvalue weighted by molar-refractivity contribution is 4.83. The van der Waals surface area contributed by atoms with Crippen LogP contribution in [0.3, 0.4) is 0 Å². The van der Waals surface area contributed by atoms with Gasteiger partial charge in [0.1, 0.15) is 0 Å². The molecule has 0 spiro atoms. The molecule has 0 heterocycles.